The molecule has 0 aromatic rings. The largest absolute Gasteiger partial charge is 0.381 e. The normalized spacial score (nSPS) is 14.9. The van der Waals surface area contributed by atoms with Gasteiger partial charge in [0.05, 0.1) is 12.4 Å². The molecule has 0 fully saturated rings. The van der Waals surface area contributed by atoms with Crippen molar-refractivity contribution in [2.45, 2.75) is 40.2 Å². The van der Waals surface area contributed by atoms with Gasteiger partial charge in [-0.05, 0) is 18.8 Å². The third-order valence-corrected chi connectivity index (χ3v) is 3.45. The summed E-state index contributed by atoms with van der Waals surface area (Å²) >= 11 is 0. The Morgan fingerprint density at radius 1 is 1.35 bits per heavy atom. The average molecular weight is 266 g/mol. The summed E-state index contributed by atoms with van der Waals surface area (Å²) in [5.74, 6) is -0.0108. The van der Waals surface area contributed by atoms with Crippen LogP contribution in [0.15, 0.2) is 0 Å². The molecular weight excluding hydrogens is 240 g/mol. The van der Waals surface area contributed by atoms with Crippen LogP contribution in [0.25, 0.3) is 0 Å². The first-order valence-electron chi connectivity index (χ1n) is 5.97. The highest BCUT2D eigenvalue weighted by Crippen LogP contribution is 2.19. The van der Waals surface area contributed by atoms with E-state index in [1.807, 2.05) is 6.92 Å². The second-order valence-electron chi connectivity index (χ2n) is 5.39. The minimum Gasteiger partial charge on any atom is -0.381 e. The molecule has 0 heterocycles. The van der Waals surface area contributed by atoms with Gasteiger partial charge in [-0.3, -0.25) is 0 Å². The quantitative estimate of drug-likeness (QED) is 0.634. The van der Waals surface area contributed by atoms with Crippen LogP contribution in [0.5, 0.6) is 0 Å². The number of rotatable bonds is 8. The Hall–Kier alpha value is -0.170. The Morgan fingerprint density at radius 2 is 1.94 bits per heavy atom. The summed E-state index contributed by atoms with van der Waals surface area (Å²) in [6.45, 7) is 9.10. The average Bonchev–Trinajstić information content (AvgIpc) is 2.13. The van der Waals surface area contributed by atoms with Crippen molar-refractivity contribution in [3.8, 4) is 0 Å². The van der Waals surface area contributed by atoms with Crippen molar-refractivity contribution >= 4 is 10.0 Å². The summed E-state index contributed by atoms with van der Waals surface area (Å²) in [6.07, 6.45) is 0.779. The van der Waals surface area contributed by atoms with Crippen LogP contribution in [0.3, 0.4) is 0 Å². The van der Waals surface area contributed by atoms with E-state index in [-0.39, 0.29) is 30.4 Å². The number of nitrogens with one attached hydrogen (secondary N) is 1. The van der Waals surface area contributed by atoms with Gasteiger partial charge in [0.2, 0.25) is 10.0 Å². The first kappa shape index (κ1) is 16.8. The fourth-order valence-electron chi connectivity index (χ4n) is 1.48. The number of hydrogen-bond donors (Lipinski definition) is 2. The maximum absolute atomic E-state index is 11.5. The zero-order valence-electron chi connectivity index (χ0n) is 11.3. The molecule has 0 saturated heterocycles. The molecule has 17 heavy (non-hydrogen) atoms. The topological polar surface area (TPSA) is 81.4 Å². The SMILES string of the molecule is CCOCCS(=O)(=O)NCC(N)CC(C)(C)C. The Bertz CT molecular complexity index is 296. The molecule has 0 rings (SSSR count). The molecule has 0 aliphatic heterocycles. The zero-order chi connectivity index (χ0) is 13.5. The van der Waals surface area contributed by atoms with E-state index in [1.165, 1.54) is 0 Å². The van der Waals surface area contributed by atoms with Crippen LogP contribution in [-0.2, 0) is 14.8 Å². The van der Waals surface area contributed by atoms with Crippen molar-refractivity contribution in [1.82, 2.24) is 4.72 Å². The molecule has 5 nitrogen and oxygen atoms in total. The van der Waals surface area contributed by atoms with Gasteiger partial charge >= 0.3 is 0 Å². The van der Waals surface area contributed by atoms with E-state index < -0.39 is 10.0 Å². The molecular formula is C11H26N2O3S. The van der Waals surface area contributed by atoms with E-state index in [1.54, 1.807) is 0 Å². The molecule has 0 aliphatic carbocycles. The molecule has 0 spiro atoms. The van der Waals surface area contributed by atoms with E-state index in [0.717, 1.165) is 6.42 Å². The third-order valence-electron chi connectivity index (χ3n) is 2.14. The van der Waals surface area contributed by atoms with Gasteiger partial charge in [0.15, 0.2) is 0 Å². The predicted molar refractivity (Wildman–Crippen MR) is 70.3 cm³/mol. The third kappa shape index (κ3) is 10.7. The van der Waals surface area contributed by atoms with E-state index in [0.29, 0.717) is 6.61 Å². The highest BCUT2D eigenvalue weighted by Gasteiger charge is 2.17. The molecule has 104 valence electrons. The number of sulfonamides is 1. The van der Waals surface area contributed by atoms with Crippen molar-refractivity contribution in [3.63, 3.8) is 0 Å². The second-order valence-corrected chi connectivity index (χ2v) is 7.32. The molecule has 0 bridgehead atoms. The lowest BCUT2D eigenvalue weighted by Crippen LogP contribution is -2.40. The maximum Gasteiger partial charge on any atom is 0.213 e. The van der Waals surface area contributed by atoms with Crippen molar-refractivity contribution < 1.29 is 13.2 Å². The molecule has 0 radical (unpaired) electrons. The van der Waals surface area contributed by atoms with Crippen LogP contribution >= 0.6 is 0 Å². The van der Waals surface area contributed by atoms with Gasteiger partial charge < -0.3 is 10.5 Å². The first-order chi connectivity index (χ1) is 7.66. The molecule has 1 atom stereocenters. The molecule has 1 unspecified atom stereocenters. The monoisotopic (exact) mass is 266 g/mol. The number of ether oxygens (including phenoxy) is 1. The van der Waals surface area contributed by atoms with Crippen LogP contribution in [0.1, 0.15) is 34.1 Å². The fourth-order valence-corrected chi connectivity index (χ4v) is 2.43. The van der Waals surface area contributed by atoms with Gasteiger partial charge in [0.25, 0.3) is 0 Å². The highest BCUT2D eigenvalue weighted by molar-refractivity contribution is 7.89. The predicted octanol–water partition coefficient (Wildman–Crippen LogP) is 0.706. The van der Waals surface area contributed by atoms with Gasteiger partial charge in [-0.25, -0.2) is 13.1 Å². The van der Waals surface area contributed by atoms with E-state index in [2.05, 4.69) is 25.5 Å². The molecule has 0 aromatic heterocycles. The lowest BCUT2D eigenvalue weighted by Gasteiger charge is -2.23. The highest BCUT2D eigenvalue weighted by atomic mass is 32.2. The van der Waals surface area contributed by atoms with Crippen LogP contribution in [0.4, 0.5) is 0 Å². The van der Waals surface area contributed by atoms with Crippen LogP contribution < -0.4 is 10.5 Å². The van der Waals surface area contributed by atoms with Gasteiger partial charge in [0, 0.05) is 19.2 Å². The van der Waals surface area contributed by atoms with Gasteiger partial charge in [0.1, 0.15) is 0 Å². The summed E-state index contributed by atoms with van der Waals surface area (Å²) in [4.78, 5) is 0. The Labute approximate surface area is 105 Å². The summed E-state index contributed by atoms with van der Waals surface area (Å²) in [5, 5.41) is 0. The molecule has 6 heteroatoms. The zero-order valence-corrected chi connectivity index (χ0v) is 12.1. The first-order valence-corrected chi connectivity index (χ1v) is 7.62. The number of hydrogen-bond acceptors (Lipinski definition) is 4. The van der Waals surface area contributed by atoms with Crippen molar-refractivity contribution in [2.24, 2.45) is 11.1 Å². The standard InChI is InChI=1S/C11H26N2O3S/c1-5-16-6-7-17(14,15)13-9-10(12)8-11(2,3)4/h10,13H,5-9,12H2,1-4H3. The van der Waals surface area contributed by atoms with Crippen molar-refractivity contribution in [1.29, 1.82) is 0 Å². The van der Waals surface area contributed by atoms with Crippen LogP contribution in [0.2, 0.25) is 0 Å². The summed E-state index contributed by atoms with van der Waals surface area (Å²) in [7, 11) is -3.26. The Morgan fingerprint density at radius 3 is 2.41 bits per heavy atom. The molecule has 0 aliphatic rings. The molecule has 0 saturated carbocycles. The minimum absolute atomic E-state index is 0.0108. The van der Waals surface area contributed by atoms with Gasteiger partial charge in [-0.2, -0.15) is 0 Å². The minimum atomic E-state index is -3.26. The molecule has 3 N–H and O–H groups in total. The Balaban J connectivity index is 3.93. The lowest BCUT2D eigenvalue weighted by molar-refractivity contribution is 0.163. The van der Waals surface area contributed by atoms with Gasteiger partial charge in [-0.15, -0.1) is 0 Å². The van der Waals surface area contributed by atoms with E-state index in [9.17, 15) is 8.42 Å². The van der Waals surface area contributed by atoms with Crippen LogP contribution in [-0.4, -0.2) is 40.0 Å². The summed E-state index contributed by atoms with van der Waals surface area (Å²) in [5.41, 5.74) is 5.97. The molecule has 0 aromatic carbocycles. The van der Waals surface area contributed by atoms with Gasteiger partial charge in [-0.1, -0.05) is 20.8 Å². The second kappa shape index (κ2) is 7.31. The fraction of sp³-hybridized carbons (Fsp3) is 1.00. The Kier molecular flexibility index (Phi) is 7.23. The molecule has 0 amide bonds. The van der Waals surface area contributed by atoms with Crippen molar-refractivity contribution in [3.05, 3.63) is 0 Å². The van der Waals surface area contributed by atoms with Crippen molar-refractivity contribution in [2.75, 3.05) is 25.5 Å². The van der Waals surface area contributed by atoms with Crippen LogP contribution in [0, 0.1) is 5.41 Å². The lowest BCUT2D eigenvalue weighted by atomic mass is 9.88. The van der Waals surface area contributed by atoms with E-state index in [4.69, 9.17) is 10.5 Å². The number of nitrogens with two attached hydrogens (primary N) is 1. The smallest absolute Gasteiger partial charge is 0.213 e. The summed E-state index contributed by atoms with van der Waals surface area (Å²) < 4.78 is 30.6. The van der Waals surface area contributed by atoms with E-state index >= 15 is 0 Å². The maximum atomic E-state index is 11.5. The summed E-state index contributed by atoms with van der Waals surface area (Å²) in [6, 6.07) is -0.156.